The van der Waals surface area contributed by atoms with Gasteiger partial charge in [0.15, 0.2) is 5.78 Å². The van der Waals surface area contributed by atoms with Gasteiger partial charge < -0.3 is 19.6 Å². The van der Waals surface area contributed by atoms with E-state index in [1.807, 2.05) is 39.0 Å². The average molecular weight is 517 g/mol. The number of rotatable bonds is 7. The third-order valence-electron chi connectivity index (χ3n) is 5.95. The summed E-state index contributed by atoms with van der Waals surface area (Å²) in [5.41, 5.74) is 4.55. The number of hydrogen-bond acceptors (Lipinski definition) is 6. The topological polar surface area (TPSA) is 107 Å². The molecule has 0 atom stereocenters. The Hall–Kier alpha value is -2.94. The molecule has 0 saturated carbocycles. The highest BCUT2D eigenvalue weighted by atomic mass is 79.9. The monoisotopic (exact) mass is 516 g/mol. The van der Waals surface area contributed by atoms with Gasteiger partial charge in [-0.1, -0.05) is 26.8 Å². The Morgan fingerprint density at radius 1 is 1.21 bits per heavy atom. The lowest BCUT2D eigenvalue weighted by Gasteiger charge is -2.32. The van der Waals surface area contributed by atoms with Crippen molar-refractivity contribution in [3.63, 3.8) is 0 Å². The molecule has 2 aromatic rings. The van der Waals surface area contributed by atoms with Crippen molar-refractivity contribution in [2.24, 2.45) is 0 Å². The lowest BCUT2D eigenvalue weighted by Crippen LogP contribution is -2.37. The number of hydrogen-bond donors (Lipinski definition) is 2. The fourth-order valence-corrected chi connectivity index (χ4v) is 4.22. The van der Waals surface area contributed by atoms with E-state index in [1.165, 1.54) is 0 Å². The SMILES string of the molecule is Br.CCc1ccc2c(n1)C(=N)N(CC(=O)c1cc(C(C)C)c3c(c1)N(CC(=O)O)CCO3)C2. The second-order valence-electron chi connectivity index (χ2n) is 8.52. The number of aryl methyl sites for hydroxylation is 1. The van der Waals surface area contributed by atoms with Crippen LogP contribution in [-0.4, -0.2) is 58.8 Å². The Bertz CT molecular complexity index is 1100. The number of nitrogens with zero attached hydrogens (tertiary/aromatic N) is 3. The quantitative estimate of drug-likeness (QED) is 0.540. The summed E-state index contributed by atoms with van der Waals surface area (Å²) in [4.78, 5) is 32.7. The van der Waals surface area contributed by atoms with Gasteiger partial charge in [-0.15, -0.1) is 17.0 Å². The van der Waals surface area contributed by atoms with Gasteiger partial charge >= 0.3 is 5.97 Å². The summed E-state index contributed by atoms with van der Waals surface area (Å²) in [6.45, 7) is 7.31. The molecule has 2 N–H and O–H groups in total. The van der Waals surface area contributed by atoms with Gasteiger partial charge in [0.1, 0.15) is 30.4 Å². The second kappa shape index (κ2) is 9.91. The third kappa shape index (κ3) is 4.88. The zero-order valence-corrected chi connectivity index (χ0v) is 20.8. The Morgan fingerprint density at radius 2 is 1.97 bits per heavy atom. The van der Waals surface area contributed by atoms with Crippen molar-refractivity contribution in [1.82, 2.24) is 9.88 Å². The molecule has 0 radical (unpaired) electrons. The number of amidine groups is 1. The first kappa shape index (κ1) is 24.7. The number of aliphatic carboxylic acids is 1. The predicted octanol–water partition coefficient (Wildman–Crippen LogP) is 3.65. The molecular formula is C24H29BrN4O4. The minimum absolute atomic E-state index is 0. The normalized spacial score (nSPS) is 14.5. The van der Waals surface area contributed by atoms with Crippen LogP contribution in [0.4, 0.5) is 5.69 Å². The maximum Gasteiger partial charge on any atom is 0.323 e. The smallest absolute Gasteiger partial charge is 0.323 e. The highest BCUT2D eigenvalue weighted by Crippen LogP contribution is 2.40. The van der Waals surface area contributed by atoms with E-state index in [0.717, 1.165) is 23.2 Å². The summed E-state index contributed by atoms with van der Waals surface area (Å²) in [5, 5.41) is 17.8. The minimum Gasteiger partial charge on any atom is -0.489 e. The van der Waals surface area contributed by atoms with Crippen LogP contribution in [0.15, 0.2) is 24.3 Å². The van der Waals surface area contributed by atoms with Gasteiger partial charge in [0.2, 0.25) is 0 Å². The molecule has 0 unspecified atom stereocenters. The number of benzene rings is 1. The van der Waals surface area contributed by atoms with Gasteiger partial charge in [-0.2, -0.15) is 0 Å². The summed E-state index contributed by atoms with van der Waals surface area (Å²) in [5.74, 6) is -0.0257. The van der Waals surface area contributed by atoms with Crippen molar-refractivity contribution in [2.75, 3.05) is 31.1 Å². The largest absolute Gasteiger partial charge is 0.489 e. The second-order valence-corrected chi connectivity index (χ2v) is 8.52. The zero-order valence-electron chi connectivity index (χ0n) is 19.1. The number of carbonyl (C=O) groups is 2. The van der Waals surface area contributed by atoms with Crippen LogP contribution in [0.3, 0.4) is 0 Å². The maximum atomic E-state index is 13.3. The molecule has 2 aliphatic heterocycles. The Balaban J connectivity index is 0.00000306. The van der Waals surface area contributed by atoms with Gasteiger partial charge in [-0.25, -0.2) is 4.98 Å². The first-order valence-electron chi connectivity index (χ1n) is 10.9. The lowest BCUT2D eigenvalue weighted by molar-refractivity contribution is -0.135. The van der Waals surface area contributed by atoms with Gasteiger partial charge in [0, 0.05) is 23.4 Å². The number of anilines is 1. The van der Waals surface area contributed by atoms with Gasteiger partial charge in [-0.3, -0.25) is 15.0 Å². The maximum absolute atomic E-state index is 13.3. The van der Waals surface area contributed by atoms with E-state index in [-0.39, 0.29) is 47.6 Å². The molecule has 9 heteroatoms. The van der Waals surface area contributed by atoms with Gasteiger partial charge in [0.05, 0.1) is 18.8 Å². The van der Waals surface area contributed by atoms with Crippen LogP contribution in [0.1, 0.15) is 59.6 Å². The molecular weight excluding hydrogens is 488 g/mol. The van der Waals surface area contributed by atoms with Crippen LogP contribution in [-0.2, 0) is 17.8 Å². The zero-order chi connectivity index (χ0) is 23.0. The van der Waals surface area contributed by atoms with Crippen LogP contribution >= 0.6 is 17.0 Å². The van der Waals surface area contributed by atoms with Crippen LogP contribution in [0.25, 0.3) is 0 Å². The summed E-state index contributed by atoms with van der Waals surface area (Å²) < 4.78 is 5.88. The Kier molecular flexibility index (Phi) is 7.41. The molecule has 0 saturated heterocycles. The third-order valence-corrected chi connectivity index (χ3v) is 5.95. The highest BCUT2D eigenvalue weighted by molar-refractivity contribution is 8.93. The number of halogens is 1. The number of pyridine rings is 1. The Labute approximate surface area is 203 Å². The molecule has 1 aromatic carbocycles. The van der Waals surface area contributed by atoms with E-state index < -0.39 is 5.97 Å². The predicted molar refractivity (Wildman–Crippen MR) is 131 cm³/mol. The van der Waals surface area contributed by atoms with E-state index in [4.69, 9.17) is 10.1 Å². The standard InChI is InChI=1S/C24H28N4O4.BrH/c1-4-17-6-5-15-11-28(24(25)22(15)26-17)12-20(29)16-9-18(14(2)3)23-19(10-16)27(7-8-32-23)13-21(30)31;/h5-6,9-10,14,25H,4,7-8,11-13H2,1-3H3,(H,30,31);1H. The molecule has 3 heterocycles. The molecule has 0 fully saturated rings. The molecule has 1 aromatic heterocycles. The van der Waals surface area contributed by atoms with Crippen LogP contribution < -0.4 is 9.64 Å². The van der Waals surface area contributed by atoms with E-state index in [9.17, 15) is 14.7 Å². The van der Waals surface area contributed by atoms with Crippen molar-refractivity contribution in [3.05, 3.63) is 52.3 Å². The number of carbonyl (C=O) groups excluding carboxylic acids is 1. The molecule has 33 heavy (non-hydrogen) atoms. The number of ether oxygens (including phenoxy) is 1. The first-order valence-corrected chi connectivity index (χ1v) is 10.9. The molecule has 176 valence electrons. The van der Waals surface area contributed by atoms with E-state index in [0.29, 0.717) is 42.4 Å². The van der Waals surface area contributed by atoms with E-state index in [2.05, 4.69) is 4.98 Å². The highest BCUT2D eigenvalue weighted by Gasteiger charge is 2.30. The number of carboxylic acid groups (broad SMARTS) is 1. The first-order chi connectivity index (χ1) is 15.3. The molecule has 8 nitrogen and oxygen atoms in total. The number of fused-ring (bicyclic) bond motifs is 2. The summed E-state index contributed by atoms with van der Waals surface area (Å²) in [7, 11) is 0. The number of carboxylic acids is 1. The van der Waals surface area contributed by atoms with Crippen LogP contribution in [0, 0.1) is 5.41 Å². The molecule has 0 bridgehead atoms. The molecule has 0 aliphatic carbocycles. The van der Waals surface area contributed by atoms with Crippen molar-refractivity contribution < 1.29 is 19.4 Å². The average Bonchev–Trinajstić information content (AvgIpc) is 3.07. The summed E-state index contributed by atoms with van der Waals surface area (Å²) >= 11 is 0. The Morgan fingerprint density at radius 3 is 2.64 bits per heavy atom. The van der Waals surface area contributed by atoms with Gasteiger partial charge in [0.25, 0.3) is 0 Å². The van der Waals surface area contributed by atoms with Crippen molar-refractivity contribution in [1.29, 1.82) is 5.41 Å². The van der Waals surface area contributed by atoms with Crippen molar-refractivity contribution >= 4 is 40.3 Å². The summed E-state index contributed by atoms with van der Waals surface area (Å²) in [6.07, 6.45) is 0.793. The molecule has 0 spiro atoms. The number of nitrogens with one attached hydrogen (secondary N) is 1. The van der Waals surface area contributed by atoms with E-state index in [1.54, 1.807) is 15.9 Å². The molecule has 0 amide bonds. The number of Topliss-reactive ketones (excluding diaryl/α,β-unsaturated/α-hetero) is 1. The fraction of sp³-hybridized carbons (Fsp3) is 0.417. The van der Waals surface area contributed by atoms with Crippen molar-refractivity contribution in [3.8, 4) is 5.75 Å². The number of aromatic nitrogens is 1. The lowest BCUT2D eigenvalue weighted by atomic mass is 9.95. The van der Waals surface area contributed by atoms with Crippen LogP contribution in [0.2, 0.25) is 0 Å². The fourth-order valence-electron chi connectivity index (χ4n) is 4.22. The van der Waals surface area contributed by atoms with Gasteiger partial charge in [-0.05, 0) is 36.1 Å². The molecule has 2 aliphatic rings. The molecule has 4 rings (SSSR count). The van der Waals surface area contributed by atoms with Crippen LogP contribution in [0.5, 0.6) is 5.75 Å². The van der Waals surface area contributed by atoms with Crippen molar-refractivity contribution in [2.45, 2.75) is 39.7 Å². The van der Waals surface area contributed by atoms with E-state index >= 15 is 0 Å². The number of ketones is 1. The minimum atomic E-state index is -0.928. The summed E-state index contributed by atoms with van der Waals surface area (Å²) in [6, 6.07) is 7.52.